The first kappa shape index (κ1) is 15.7. The fraction of sp³-hybridized carbons (Fsp3) is 0.733. The number of hydrogen-bond donors (Lipinski definition) is 0. The lowest BCUT2D eigenvalue weighted by atomic mass is 10.0. The Labute approximate surface area is 131 Å². The molecule has 1 unspecified atom stereocenters. The Kier molecular flexibility index (Phi) is 4.63. The van der Waals surface area contributed by atoms with Crippen molar-refractivity contribution in [1.82, 2.24) is 14.5 Å². The van der Waals surface area contributed by atoms with Crippen molar-refractivity contribution in [3.8, 4) is 5.88 Å². The molecule has 1 aromatic rings. The average Bonchev–Trinajstić information content (AvgIpc) is 3.00. The summed E-state index contributed by atoms with van der Waals surface area (Å²) in [6, 6.07) is 3.62. The molecule has 1 aliphatic carbocycles. The van der Waals surface area contributed by atoms with Crippen LogP contribution in [0.15, 0.2) is 12.1 Å². The molecule has 0 bridgehead atoms. The minimum atomic E-state index is -3.18. The van der Waals surface area contributed by atoms with Gasteiger partial charge < -0.3 is 4.74 Å². The molecule has 0 N–H and O–H groups in total. The topological polar surface area (TPSA) is 72.4 Å². The molecule has 0 spiro atoms. The molecule has 2 fully saturated rings. The van der Waals surface area contributed by atoms with Gasteiger partial charge in [0.2, 0.25) is 15.9 Å². The van der Waals surface area contributed by atoms with E-state index < -0.39 is 10.0 Å². The molecule has 1 aromatic heterocycles. The third-order valence-electron chi connectivity index (χ3n) is 4.50. The first-order valence-corrected chi connectivity index (χ1v) is 9.52. The van der Waals surface area contributed by atoms with Gasteiger partial charge in [-0.3, -0.25) is 0 Å². The van der Waals surface area contributed by atoms with E-state index in [1.165, 1.54) is 0 Å². The summed E-state index contributed by atoms with van der Waals surface area (Å²) in [6.45, 7) is 2.84. The Bertz CT molecular complexity index is 597. The molecule has 2 aliphatic rings. The van der Waals surface area contributed by atoms with Crippen molar-refractivity contribution in [3.05, 3.63) is 17.8 Å². The van der Waals surface area contributed by atoms with E-state index in [2.05, 4.69) is 10.2 Å². The molecule has 1 saturated carbocycles. The van der Waals surface area contributed by atoms with E-state index >= 15 is 0 Å². The number of ether oxygens (including phenoxy) is 1. The molecule has 1 aliphatic heterocycles. The Morgan fingerprint density at radius 1 is 1.14 bits per heavy atom. The van der Waals surface area contributed by atoms with Gasteiger partial charge in [0, 0.05) is 12.6 Å². The highest BCUT2D eigenvalue weighted by atomic mass is 32.2. The summed E-state index contributed by atoms with van der Waals surface area (Å²) in [4.78, 5) is 0. The lowest BCUT2D eigenvalue weighted by Crippen LogP contribution is -2.39. The van der Waals surface area contributed by atoms with Crippen molar-refractivity contribution in [2.75, 3.05) is 13.1 Å². The van der Waals surface area contributed by atoms with Gasteiger partial charge in [-0.25, -0.2) is 8.42 Å². The minimum absolute atomic E-state index is 0.129. The summed E-state index contributed by atoms with van der Waals surface area (Å²) in [7, 11) is -3.18. The Balaban J connectivity index is 1.60. The fourth-order valence-electron chi connectivity index (χ4n) is 3.22. The van der Waals surface area contributed by atoms with Gasteiger partial charge in [-0.2, -0.15) is 9.40 Å². The van der Waals surface area contributed by atoms with Crippen molar-refractivity contribution in [3.63, 3.8) is 0 Å². The number of nitrogens with zero attached hydrogens (tertiary/aromatic N) is 3. The predicted molar refractivity (Wildman–Crippen MR) is 83.2 cm³/mol. The molecule has 1 atom stereocenters. The van der Waals surface area contributed by atoms with E-state index in [1.54, 1.807) is 10.4 Å². The number of sulfonamides is 1. The normalized spacial score (nSPS) is 24.5. The molecule has 7 heteroatoms. The highest BCUT2D eigenvalue weighted by Crippen LogP contribution is 2.28. The maximum atomic E-state index is 12.7. The average molecular weight is 325 g/mol. The number of hydrogen-bond acceptors (Lipinski definition) is 5. The van der Waals surface area contributed by atoms with E-state index in [1.807, 2.05) is 13.0 Å². The first-order chi connectivity index (χ1) is 10.6. The largest absolute Gasteiger partial charge is 0.472 e. The molecule has 2 heterocycles. The zero-order chi connectivity index (χ0) is 15.6. The van der Waals surface area contributed by atoms with Crippen LogP contribution in [0.25, 0.3) is 0 Å². The second-order valence-electron chi connectivity index (χ2n) is 6.20. The summed E-state index contributed by atoms with van der Waals surface area (Å²) in [5.41, 5.74) is 0.834. The van der Waals surface area contributed by atoms with Crippen LogP contribution in [-0.4, -0.2) is 47.4 Å². The van der Waals surface area contributed by atoms with E-state index in [0.29, 0.717) is 25.4 Å². The zero-order valence-corrected chi connectivity index (χ0v) is 13.8. The van der Waals surface area contributed by atoms with Crippen LogP contribution in [0.1, 0.15) is 44.2 Å². The summed E-state index contributed by atoms with van der Waals surface area (Å²) < 4.78 is 32.7. The van der Waals surface area contributed by atoms with Crippen LogP contribution < -0.4 is 4.74 Å². The smallest absolute Gasteiger partial charge is 0.233 e. The van der Waals surface area contributed by atoms with Crippen molar-refractivity contribution in [2.45, 2.75) is 56.8 Å². The monoisotopic (exact) mass is 325 g/mol. The van der Waals surface area contributed by atoms with Crippen LogP contribution >= 0.6 is 0 Å². The lowest BCUT2D eigenvalue weighted by Gasteiger charge is -2.26. The van der Waals surface area contributed by atoms with Gasteiger partial charge in [-0.05, 0) is 32.3 Å². The maximum absolute atomic E-state index is 12.7. The molecule has 122 valence electrons. The van der Waals surface area contributed by atoms with Gasteiger partial charge in [0.1, 0.15) is 6.10 Å². The number of aryl methyl sites for hydroxylation is 1. The number of rotatable bonds is 4. The van der Waals surface area contributed by atoms with E-state index in [0.717, 1.165) is 37.8 Å². The van der Waals surface area contributed by atoms with Crippen LogP contribution in [0.2, 0.25) is 0 Å². The molecule has 0 amide bonds. The van der Waals surface area contributed by atoms with E-state index in [9.17, 15) is 8.42 Å². The third kappa shape index (κ3) is 3.41. The fourth-order valence-corrected chi connectivity index (χ4v) is 5.30. The van der Waals surface area contributed by atoms with Gasteiger partial charge in [0.05, 0.1) is 17.5 Å². The number of aromatic nitrogens is 2. The van der Waals surface area contributed by atoms with Crippen LogP contribution in [-0.2, 0) is 10.0 Å². The second kappa shape index (κ2) is 6.50. The molecule has 1 saturated heterocycles. The standard InChI is InChI=1S/C15H23N3O3S/c1-12-7-8-15(17-16-12)21-13-9-10-18(11-13)22(19,20)14-5-3-2-4-6-14/h7-8,13-14H,2-6,9-11H2,1H3. The van der Waals surface area contributed by atoms with Crippen LogP contribution in [0.5, 0.6) is 5.88 Å². The first-order valence-electron chi connectivity index (χ1n) is 8.01. The van der Waals surface area contributed by atoms with Crippen LogP contribution in [0, 0.1) is 6.92 Å². The SMILES string of the molecule is Cc1ccc(OC2CCN(S(=O)(=O)C3CCCCC3)C2)nn1. The van der Waals surface area contributed by atoms with Gasteiger partial charge in [-0.15, -0.1) is 5.10 Å². The summed E-state index contributed by atoms with van der Waals surface area (Å²) >= 11 is 0. The molecule has 0 aromatic carbocycles. The molecular weight excluding hydrogens is 302 g/mol. The summed E-state index contributed by atoms with van der Waals surface area (Å²) in [6.07, 6.45) is 5.38. The van der Waals surface area contributed by atoms with Crippen molar-refractivity contribution < 1.29 is 13.2 Å². The Hall–Kier alpha value is -1.21. The minimum Gasteiger partial charge on any atom is -0.472 e. The lowest BCUT2D eigenvalue weighted by molar-refractivity contribution is 0.204. The third-order valence-corrected chi connectivity index (χ3v) is 6.87. The van der Waals surface area contributed by atoms with Gasteiger partial charge in [0.25, 0.3) is 0 Å². The van der Waals surface area contributed by atoms with Crippen molar-refractivity contribution in [2.24, 2.45) is 0 Å². The molecule has 6 nitrogen and oxygen atoms in total. The highest BCUT2D eigenvalue weighted by molar-refractivity contribution is 7.89. The predicted octanol–water partition coefficient (Wildman–Crippen LogP) is 1.90. The van der Waals surface area contributed by atoms with E-state index in [4.69, 9.17) is 4.74 Å². The quantitative estimate of drug-likeness (QED) is 0.845. The summed E-state index contributed by atoms with van der Waals surface area (Å²) in [5, 5.41) is 7.74. The molecular formula is C15H23N3O3S. The second-order valence-corrected chi connectivity index (χ2v) is 8.42. The highest BCUT2D eigenvalue weighted by Gasteiger charge is 2.38. The van der Waals surface area contributed by atoms with Gasteiger partial charge in [-0.1, -0.05) is 19.3 Å². The Morgan fingerprint density at radius 3 is 2.59 bits per heavy atom. The zero-order valence-electron chi connectivity index (χ0n) is 12.9. The molecule has 3 rings (SSSR count). The van der Waals surface area contributed by atoms with Crippen molar-refractivity contribution >= 4 is 10.0 Å². The van der Waals surface area contributed by atoms with Crippen molar-refractivity contribution in [1.29, 1.82) is 0 Å². The summed E-state index contributed by atoms with van der Waals surface area (Å²) in [5.74, 6) is 0.465. The molecule has 22 heavy (non-hydrogen) atoms. The Morgan fingerprint density at radius 2 is 1.91 bits per heavy atom. The molecule has 0 radical (unpaired) electrons. The van der Waals surface area contributed by atoms with E-state index in [-0.39, 0.29) is 11.4 Å². The van der Waals surface area contributed by atoms with Gasteiger partial charge >= 0.3 is 0 Å². The van der Waals surface area contributed by atoms with Crippen LogP contribution in [0.3, 0.4) is 0 Å². The van der Waals surface area contributed by atoms with Gasteiger partial charge in [0.15, 0.2) is 0 Å². The maximum Gasteiger partial charge on any atom is 0.233 e. The van der Waals surface area contributed by atoms with Crippen LogP contribution in [0.4, 0.5) is 0 Å².